The zero-order valence-corrected chi connectivity index (χ0v) is 15.8. The second-order valence-corrected chi connectivity index (χ2v) is 6.77. The lowest BCUT2D eigenvalue weighted by atomic mass is 10.1. The normalized spacial score (nSPS) is 12.3. The molecular formula is C17H18ClN3O3S. The molecule has 0 atom stereocenters. The molecule has 1 N–H and O–H groups in total. The van der Waals surface area contributed by atoms with E-state index in [1.54, 1.807) is 12.1 Å². The van der Waals surface area contributed by atoms with E-state index in [9.17, 15) is 4.79 Å². The summed E-state index contributed by atoms with van der Waals surface area (Å²) in [6, 6.07) is 3.32. The van der Waals surface area contributed by atoms with Gasteiger partial charge in [-0.25, -0.2) is 9.97 Å². The quantitative estimate of drug-likeness (QED) is 0.629. The smallest absolute Gasteiger partial charge is 0.231 e. The number of carbonyl (C=O) groups is 1. The number of ether oxygens (including phenoxy) is 2. The van der Waals surface area contributed by atoms with Crippen molar-refractivity contribution in [1.29, 1.82) is 0 Å². The fourth-order valence-electron chi connectivity index (χ4n) is 2.63. The number of hydrogen-bond acceptors (Lipinski definition) is 6. The van der Waals surface area contributed by atoms with Gasteiger partial charge in [-0.3, -0.25) is 4.79 Å². The Balaban J connectivity index is 1.66. The first-order valence-electron chi connectivity index (χ1n) is 7.75. The fourth-order valence-corrected chi connectivity index (χ4v) is 3.28. The van der Waals surface area contributed by atoms with Crippen molar-refractivity contribution in [1.82, 2.24) is 9.97 Å². The average molecular weight is 380 g/mol. The maximum atomic E-state index is 12.3. The SMILES string of the molecule is CSc1nc(C)c(CCC(=O)Nc2cc3c(cc2Cl)OCO3)c(C)n1. The van der Waals surface area contributed by atoms with Crippen molar-refractivity contribution in [2.75, 3.05) is 18.4 Å². The van der Waals surface area contributed by atoms with Crippen molar-refractivity contribution in [2.45, 2.75) is 31.8 Å². The first-order chi connectivity index (χ1) is 12.0. The molecule has 6 nitrogen and oxygen atoms in total. The number of rotatable bonds is 5. The zero-order chi connectivity index (χ0) is 18.0. The molecule has 1 aromatic carbocycles. The summed E-state index contributed by atoms with van der Waals surface area (Å²) < 4.78 is 10.6. The summed E-state index contributed by atoms with van der Waals surface area (Å²) in [5.74, 6) is 1.03. The number of halogens is 1. The van der Waals surface area contributed by atoms with E-state index in [0.717, 1.165) is 22.1 Å². The molecule has 2 heterocycles. The molecule has 0 spiro atoms. The number of hydrogen-bond donors (Lipinski definition) is 1. The number of aromatic nitrogens is 2. The van der Waals surface area contributed by atoms with E-state index >= 15 is 0 Å². The van der Waals surface area contributed by atoms with Crippen molar-refractivity contribution < 1.29 is 14.3 Å². The number of nitrogens with zero attached hydrogens (tertiary/aromatic N) is 2. The summed E-state index contributed by atoms with van der Waals surface area (Å²) in [5, 5.41) is 3.98. The van der Waals surface area contributed by atoms with E-state index in [2.05, 4.69) is 15.3 Å². The van der Waals surface area contributed by atoms with Gasteiger partial charge in [-0.05, 0) is 32.1 Å². The molecule has 0 bridgehead atoms. The average Bonchev–Trinajstić information content (AvgIpc) is 3.01. The predicted molar refractivity (Wildman–Crippen MR) is 97.8 cm³/mol. The molecule has 1 aromatic heterocycles. The number of nitrogens with one attached hydrogen (secondary N) is 1. The first-order valence-corrected chi connectivity index (χ1v) is 9.35. The molecule has 0 aliphatic carbocycles. The van der Waals surface area contributed by atoms with Crippen molar-refractivity contribution >= 4 is 35.0 Å². The van der Waals surface area contributed by atoms with Gasteiger partial charge in [0.2, 0.25) is 12.7 Å². The highest BCUT2D eigenvalue weighted by Crippen LogP contribution is 2.39. The van der Waals surface area contributed by atoms with Gasteiger partial charge < -0.3 is 14.8 Å². The number of aryl methyl sites for hydroxylation is 2. The predicted octanol–water partition coefficient (Wildman–Crippen LogP) is 3.77. The minimum atomic E-state index is -0.131. The van der Waals surface area contributed by atoms with Crippen LogP contribution in [0.5, 0.6) is 11.5 Å². The van der Waals surface area contributed by atoms with Gasteiger partial charge in [0, 0.05) is 29.9 Å². The van der Waals surface area contributed by atoms with E-state index in [1.165, 1.54) is 11.8 Å². The number of anilines is 1. The third-order valence-electron chi connectivity index (χ3n) is 3.92. The van der Waals surface area contributed by atoms with E-state index in [-0.39, 0.29) is 12.7 Å². The Hall–Kier alpha value is -1.99. The lowest BCUT2D eigenvalue weighted by Gasteiger charge is -2.11. The molecule has 0 fully saturated rings. The van der Waals surface area contributed by atoms with Crippen LogP contribution in [0, 0.1) is 13.8 Å². The summed E-state index contributed by atoms with van der Waals surface area (Å²) in [4.78, 5) is 21.2. The van der Waals surface area contributed by atoms with Gasteiger partial charge in [0.15, 0.2) is 16.7 Å². The Kier molecular flexibility index (Phi) is 5.34. The highest BCUT2D eigenvalue weighted by molar-refractivity contribution is 7.98. The number of thioether (sulfide) groups is 1. The first kappa shape index (κ1) is 17.8. The summed E-state index contributed by atoms with van der Waals surface area (Å²) in [7, 11) is 0. The molecular weight excluding hydrogens is 362 g/mol. The number of amides is 1. The lowest BCUT2D eigenvalue weighted by Crippen LogP contribution is -2.14. The molecule has 0 radical (unpaired) electrons. The third kappa shape index (κ3) is 3.99. The zero-order valence-electron chi connectivity index (χ0n) is 14.2. The van der Waals surface area contributed by atoms with Crippen molar-refractivity contribution in [3.05, 3.63) is 34.1 Å². The van der Waals surface area contributed by atoms with Crippen molar-refractivity contribution in [3.8, 4) is 11.5 Å². The highest BCUT2D eigenvalue weighted by atomic mass is 35.5. The Labute approximate surface area is 155 Å². The summed E-state index contributed by atoms with van der Waals surface area (Å²) >= 11 is 7.69. The topological polar surface area (TPSA) is 73.3 Å². The Morgan fingerprint density at radius 1 is 1.24 bits per heavy atom. The molecule has 8 heteroatoms. The minimum Gasteiger partial charge on any atom is -0.454 e. The Morgan fingerprint density at radius 3 is 2.52 bits per heavy atom. The van der Waals surface area contributed by atoms with Crippen LogP contribution in [-0.4, -0.2) is 28.9 Å². The van der Waals surface area contributed by atoms with Gasteiger partial charge in [-0.2, -0.15) is 0 Å². The number of benzene rings is 1. The van der Waals surface area contributed by atoms with Crippen LogP contribution in [0.3, 0.4) is 0 Å². The van der Waals surface area contributed by atoms with E-state index in [1.807, 2.05) is 20.1 Å². The van der Waals surface area contributed by atoms with E-state index < -0.39 is 0 Å². The highest BCUT2D eigenvalue weighted by Gasteiger charge is 2.18. The monoisotopic (exact) mass is 379 g/mol. The molecule has 1 aliphatic heterocycles. The molecule has 132 valence electrons. The summed E-state index contributed by atoms with van der Waals surface area (Å²) in [5.41, 5.74) is 3.33. The van der Waals surface area contributed by atoms with Crippen molar-refractivity contribution in [3.63, 3.8) is 0 Å². The van der Waals surface area contributed by atoms with Gasteiger partial charge in [0.25, 0.3) is 0 Å². The lowest BCUT2D eigenvalue weighted by molar-refractivity contribution is -0.116. The second kappa shape index (κ2) is 7.49. The van der Waals surface area contributed by atoms with Crippen LogP contribution in [0.25, 0.3) is 0 Å². The van der Waals surface area contributed by atoms with Gasteiger partial charge in [0.05, 0.1) is 10.7 Å². The van der Waals surface area contributed by atoms with Gasteiger partial charge in [0.1, 0.15) is 0 Å². The molecule has 0 saturated carbocycles. The molecule has 2 aromatic rings. The third-order valence-corrected chi connectivity index (χ3v) is 4.78. The van der Waals surface area contributed by atoms with Gasteiger partial charge in [-0.1, -0.05) is 23.4 Å². The second-order valence-electron chi connectivity index (χ2n) is 5.59. The molecule has 1 aliphatic rings. The summed E-state index contributed by atoms with van der Waals surface area (Å²) in [6.07, 6.45) is 2.82. The maximum Gasteiger partial charge on any atom is 0.231 e. The number of fused-ring (bicyclic) bond motifs is 1. The molecule has 1 amide bonds. The Bertz CT molecular complexity index is 806. The minimum absolute atomic E-state index is 0.131. The van der Waals surface area contributed by atoms with Crippen LogP contribution in [0.15, 0.2) is 17.3 Å². The van der Waals surface area contributed by atoms with Gasteiger partial charge >= 0.3 is 0 Å². The summed E-state index contributed by atoms with van der Waals surface area (Å²) in [6.45, 7) is 4.04. The van der Waals surface area contributed by atoms with Crippen LogP contribution in [0.2, 0.25) is 5.02 Å². The molecule has 3 rings (SSSR count). The fraction of sp³-hybridized carbons (Fsp3) is 0.353. The van der Waals surface area contributed by atoms with Crippen LogP contribution >= 0.6 is 23.4 Å². The Morgan fingerprint density at radius 2 is 1.88 bits per heavy atom. The standard InChI is InChI=1S/C17H18ClN3O3S/c1-9-11(10(2)20-17(19-9)25-3)4-5-16(22)21-13-7-15-14(6-12(13)18)23-8-24-15/h6-7H,4-5,8H2,1-3H3,(H,21,22). The maximum absolute atomic E-state index is 12.3. The molecule has 0 saturated heterocycles. The van der Waals surface area contributed by atoms with Crippen LogP contribution < -0.4 is 14.8 Å². The van der Waals surface area contributed by atoms with Crippen LogP contribution in [-0.2, 0) is 11.2 Å². The number of carbonyl (C=O) groups excluding carboxylic acids is 1. The van der Waals surface area contributed by atoms with Gasteiger partial charge in [-0.15, -0.1) is 0 Å². The van der Waals surface area contributed by atoms with Crippen LogP contribution in [0.1, 0.15) is 23.4 Å². The molecule has 0 unspecified atom stereocenters. The van der Waals surface area contributed by atoms with E-state index in [0.29, 0.717) is 35.1 Å². The van der Waals surface area contributed by atoms with Crippen molar-refractivity contribution in [2.24, 2.45) is 0 Å². The van der Waals surface area contributed by atoms with Crippen LogP contribution in [0.4, 0.5) is 5.69 Å². The largest absolute Gasteiger partial charge is 0.454 e. The molecule has 25 heavy (non-hydrogen) atoms. The van der Waals surface area contributed by atoms with E-state index in [4.69, 9.17) is 21.1 Å².